The van der Waals surface area contributed by atoms with E-state index in [9.17, 15) is 9.59 Å². The first-order chi connectivity index (χ1) is 12.4. The minimum Gasteiger partial charge on any atom is -0.496 e. The van der Waals surface area contributed by atoms with E-state index in [1.807, 2.05) is 57.2 Å². The van der Waals surface area contributed by atoms with Crippen LogP contribution < -0.4 is 9.64 Å². The Labute approximate surface area is 154 Å². The highest BCUT2D eigenvalue weighted by Gasteiger charge is 2.34. The van der Waals surface area contributed by atoms with Gasteiger partial charge in [0.25, 0.3) is 5.91 Å². The normalized spacial score (nSPS) is 17.4. The fraction of sp³-hybridized carbons (Fsp3) is 0.333. The molecule has 1 saturated heterocycles. The molecule has 1 fully saturated rings. The Bertz CT molecular complexity index is 830. The van der Waals surface area contributed by atoms with Crippen LogP contribution in [-0.4, -0.2) is 43.0 Å². The molecule has 136 valence electrons. The van der Waals surface area contributed by atoms with Crippen molar-refractivity contribution in [2.75, 3.05) is 25.1 Å². The fourth-order valence-electron chi connectivity index (χ4n) is 3.23. The molecule has 0 saturated carbocycles. The van der Waals surface area contributed by atoms with Gasteiger partial charge in [0, 0.05) is 18.3 Å². The van der Waals surface area contributed by atoms with E-state index in [1.165, 1.54) is 0 Å². The summed E-state index contributed by atoms with van der Waals surface area (Å²) in [5.74, 6) is 0.285. The molecule has 2 aromatic carbocycles. The smallest absolute Gasteiger partial charge is 0.258 e. The number of rotatable bonds is 3. The summed E-state index contributed by atoms with van der Waals surface area (Å²) in [6.07, 6.45) is 0. The van der Waals surface area contributed by atoms with Crippen LogP contribution in [0.25, 0.3) is 0 Å². The van der Waals surface area contributed by atoms with Gasteiger partial charge in [-0.05, 0) is 50.6 Å². The van der Waals surface area contributed by atoms with Crippen molar-refractivity contribution in [2.45, 2.75) is 26.8 Å². The van der Waals surface area contributed by atoms with Crippen LogP contribution in [0.5, 0.6) is 5.75 Å². The van der Waals surface area contributed by atoms with Crippen LogP contribution in [0, 0.1) is 13.8 Å². The molecule has 2 amide bonds. The second kappa shape index (κ2) is 7.20. The highest BCUT2D eigenvalue weighted by molar-refractivity contribution is 6.03. The molecular weight excluding hydrogens is 328 g/mol. The molecule has 5 nitrogen and oxygen atoms in total. The Hall–Kier alpha value is -2.82. The van der Waals surface area contributed by atoms with E-state index in [-0.39, 0.29) is 24.4 Å². The van der Waals surface area contributed by atoms with Crippen LogP contribution >= 0.6 is 0 Å². The molecule has 0 radical (unpaired) electrons. The monoisotopic (exact) mass is 352 g/mol. The topological polar surface area (TPSA) is 49.9 Å². The lowest BCUT2D eigenvalue weighted by molar-refractivity contribution is -0.121. The van der Waals surface area contributed by atoms with Gasteiger partial charge in [0.2, 0.25) is 5.91 Å². The zero-order chi connectivity index (χ0) is 18.8. The van der Waals surface area contributed by atoms with Crippen LogP contribution in [0.1, 0.15) is 28.4 Å². The molecule has 0 bridgehead atoms. The molecule has 3 rings (SSSR count). The zero-order valence-corrected chi connectivity index (χ0v) is 15.7. The van der Waals surface area contributed by atoms with E-state index in [2.05, 4.69) is 0 Å². The summed E-state index contributed by atoms with van der Waals surface area (Å²) in [5.41, 5.74) is 3.52. The molecule has 1 unspecified atom stereocenters. The van der Waals surface area contributed by atoms with Gasteiger partial charge in [-0.2, -0.15) is 0 Å². The molecular formula is C21H24N2O3. The lowest BCUT2D eigenvalue weighted by Crippen LogP contribution is -2.57. The van der Waals surface area contributed by atoms with Crippen molar-refractivity contribution >= 4 is 17.5 Å². The van der Waals surface area contributed by atoms with Gasteiger partial charge in [0.05, 0.1) is 12.7 Å². The molecule has 1 aliphatic heterocycles. The van der Waals surface area contributed by atoms with Gasteiger partial charge in [0.15, 0.2) is 0 Å². The van der Waals surface area contributed by atoms with Gasteiger partial charge >= 0.3 is 0 Å². The molecule has 0 aliphatic carbocycles. The minimum atomic E-state index is -0.175. The third kappa shape index (κ3) is 3.43. The second-order valence-electron chi connectivity index (χ2n) is 6.83. The van der Waals surface area contributed by atoms with Gasteiger partial charge in [-0.15, -0.1) is 0 Å². The second-order valence-corrected chi connectivity index (χ2v) is 6.83. The van der Waals surface area contributed by atoms with Gasteiger partial charge in [-0.3, -0.25) is 9.59 Å². The molecule has 1 heterocycles. The molecule has 0 spiro atoms. The Morgan fingerprint density at radius 1 is 1.08 bits per heavy atom. The molecule has 0 N–H and O–H groups in total. The first kappa shape index (κ1) is 18.0. The van der Waals surface area contributed by atoms with E-state index in [0.29, 0.717) is 17.9 Å². The zero-order valence-electron chi connectivity index (χ0n) is 15.7. The molecule has 2 aromatic rings. The lowest BCUT2D eigenvalue weighted by atomic mass is 10.1. The maximum atomic E-state index is 13.0. The van der Waals surface area contributed by atoms with E-state index in [4.69, 9.17) is 4.74 Å². The standard InChI is InChI=1S/C21H24N2O3/c1-14-5-8-17(9-6-14)23-12-16(3)22(13-20(23)24)21(25)18-10-7-15(2)11-19(18)26-4/h5-11,16H,12-13H2,1-4H3. The molecule has 0 aromatic heterocycles. The summed E-state index contributed by atoms with van der Waals surface area (Å²) < 4.78 is 5.36. The average molecular weight is 352 g/mol. The first-order valence-corrected chi connectivity index (χ1v) is 8.73. The van der Waals surface area contributed by atoms with Gasteiger partial charge < -0.3 is 14.5 Å². The quantitative estimate of drug-likeness (QED) is 0.852. The average Bonchev–Trinajstić information content (AvgIpc) is 2.63. The van der Waals surface area contributed by atoms with Gasteiger partial charge in [-0.25, -0.2) is 0 Å². The molecule has 1 atom stereocenters. The van der Waals surface area contributed by atoms with Gasteiger partial charge in [0.1, 0.15) is 12.3 Å². The number of methoxy groups -OCH3 is 1. The van der Waals surface area contributed by atoms with E-state index in [1.54, 1.807) is 23.0 Å². The maximum absolute atomic E-state index is 13.0. The lowest BCUT2D eigenvalue weighted by Gasteiger charge is -2.39. The van der Waals surface area contributed by atoms with Crippen molar-refractivity contribution in [2.24, 2.45) is 0 Å². The summed E-state index contributed by atoms with van der Waals surface area (Å²) in [5, 5.41) is 0. The summed E-state index contributed by atoms with van der Waals surface area (Å²) in [6.45, 7) is 6.46. The summed E-state index contributed by atoms with van der Waals surface area (Å²) in [6, 6.07) is 13.3. The number of aryl methyl sites for hydroxylation is 2. The third-order valence-corrected chi connectivity index (χ3v) is 4.78. The Kier molecular flexibility index (Phi) is 4.98. The number of carbonyl (C=O) groups is 2. The number of anilines is 1. The molecule has 5 heteroatoms. The summed E-state index contributed by atoms with van der Waals surface area (Å²) in [4.78, 5) is 29.1. The Morgan fingerprint density at radius 3 is 2.38 bits per heavy atom. The number of carbonyl (C=O) groups excluding carboxylic acids is 2. The van der Waals surface area contributed by atoms with E-state index in [0.717, 1.165) is 16.8 Å². The summed E-state index contributed by atoms with van der Waals surface area (Å²) in [7, 11) is 1.55. The fourth-order valence-corrected chi connectivity index (χ4v) is 3.23. The Balaban J connectivity index is 1.82. The van der Waals surface area contributed by atoms with Crippen LogP contribution in [0.4, 0.5) is 5.69 Å². The number of ether oxygens (including phenoxy) is 1. The van der Waals surface area contributed by atoms with E-state index >= 15 is 0 Å². The maximum Gasteiger partial charge on any atom is 0.258 e. The van der Waals surface area contributed by atoms with Crippen molar-refractivity contribution in [3.8, 4) is 5.75 Å². The van der Waals surface area contributed by atoms with Crippen LogP contribution in [0.2, 0.25) is 0 Å². The van der Waals surface area contributed by atoms with Gasteiger partial charge in [-0.1, -0.05) is 23.8 Å². The number of hydrogen-bond acceptors (Lipinski definition) is 3. The SMILES string of the molecule is COc1cc(C)ccc1C(=O)N1CC(=O)N(c2ccc(C)cc2)CC1C. The number of amides is 2. The van der Waals surface area contributed by atoms with Crippen LogP contribution in [0.3, 0.4) is 0 Å². The van der Waals surface area contributed by atoms with Crippen molar-refractivity contribution < 1.29 is 14.3 Å². The van der Waals surface area contributed by atoms with Crippen LogP contribution in [-0.2, 0) is 4.79 Å². The number of nitrogens with zero attached hydrogens (tertiary/aromatic N) is 2. The Morgan fingerprint density at radius 2 is 1.73 bits per heavy atom. The highest BCUT2D eigenvalue weighted by atomic mass is 16.5. The largest absolute Gasteiger partial charge is 0.496 e. The van der Waals surface area contributed by atoms with Crippen molar-refractivity contribution in [3.05, 3.63) is 59.2 Å². The van der Waals surface area contributed by atoms with Crippen LogP contribution in [0.15, 0.2) is 42.5 Å². The highest BCUT2D eigenvalue weighted by Crippen LogP contribution is 2.26. The third-order valence-electron chi connectivity index (χ3n) is 4.78. The van der Waals surface area contributed by atoms with Crippen molar-refractivity contribution in [1.82, 2.24) is 4.90 Å². The molecule has 26 heavy (non-hydrogen) atoms. The van der Waals surface area contributed by atoms with Crippen molar-refractivity contribution in [3.63, 3.8) is 0 Å². The first-order valence-electron chi connectivity index (χ1n) is 8.73. The predicted octanol–water partition coefficient (Wildman–Crippen LogP) is 3.19. The molecule has 1 aliphatic rings. The van der Waals surface area contributed by atoms with Crippen molar-refractivity contribution in [1.29, 1.82) is 0 Å². The number of benzene rings is 2. The number of piperazine rings is 1. The van der Waals surface area contributed by atoms with E-state index < -0.39 is 0 Å². The predicted molar refractivity (Wildman–Crippen MR) is 102 cm³/mol. The number of hydrogen-bond donors (Lipinski definition) is 0. The minimum absolute atomic E-state index is 0.0604. The summed E-state index contributed by atoms with van der Waals surface area (Å²) >= 11 is 0.